The van der Waals surface area contributed by atoms with Gasteiger partial charge in [0.05, 0.1) is 12.7 Å². The molecule has 0 spiro atoms. The Morgan fingerprint density at radius 2 is 1.13 bits per heavy atom. The Morgan fingerprint density at radius 1 is 0.739 bits per heavy atom. The average Bonchev–Trinajstić information content (AvgIpc) is 3.73. The van der Waals surface area contributed by atoms with Crippen molar-refractivity contribution in [1.29, 1.82) is 0 Å². The van der Waals surface area contributed by atoms with Crippen molar-refractivity contribution in [2.45, 2.75) is 62.3 Å². The van der Waals surface area contributed by atoms with Crippen LogP contribution in [0.4, 0.5) is 11.6 Å². The van der Waals surface area contributed by atoms with Crippen molar-refractivity contribution in [3.63, 3.8) is 0 Å². The second kappa shape index (κ2) is 10.6. The van der Waals surface area contributed by atoms with Gasteiger partial charge in [-0.1, -0.05) is 0 Å². The monoisotopic (exact) mass is 686 g/mol. The quantitative estimate of drug-likeness (QED) is 0.140. The Kier molecular flexibility index (Phi) is 7.25. The van der Waals surface area contributed by atoms with Crippen molar-refractivity contribution in [3.8, 4) is 0 Å². The fourth-order valence-electron chi connectivity index (χ4n) is 5.52. The first-order valence-electron chi connectivity index (χ1n) is 13.5. The predicted molar refractivity (Wildman–Crippen MR) is 150 cm³/mol. The zero-order chi connectivity index (χ0) is 32.8. The molecule has 6 unspecified atom stereocenters. The molecule has 7 heterocycles. The van der Waals surface area contributed by atoms with Crippen LogP contribution in [0.5, 0.6) is 0 Å². The Labute approximate surface area is 257 Å². The fraction of sp³-hybridized carbons (Fsp3) is 0.545. The van der Waals surface area contributed by atoms with Crippen molar-refractivity contribution in [2.24, 2.45) is 0 Å². The standard InChI is InChI=1S/C22H28N10O12P2/c1-21-13(33)11(19(41-21)31-5-29-9-15(23)25-3-27-17(9)31)43-46(37,38)8-40-22(2)14(34)12(44-45(35,36)7-39-21)20(42-22)32-6-30-10-16(24)26-4-28-18(10)32/h3-6,11-14,19-20,33-34H,7-8H2,1-2H3,(H,35,36)(H,37,38)(H2,23,25,27)(H2,24,26,28)/t11?,12?,13?,14?,19-,20-,21+,22+/m1/s1. The molecule has 248 valence electrons. The van der Waals surface area contributed by atoms with Crippen molar-refractivity contribution in [1.82, 2.24) is 39.0 Å². The topological polar surface area (TPSA) is 310 Å². The average molecular weight is 686 g/mol. The highest BCUT2D eigenvalue weighted by Crippen LogP contribution is 2.56. The van der Waals surface area contributed by atoms with E-state index in [-0.39, 0.29) is 34.0 Å². The molecular weight excluding hydrogens is 658 g/mol. The molecule has 22 nitrogen and oxygen atoms in total. The SMILES string of the molecule is C[C@@]12OCP(=O)(O)OC3C(O)[C@@](C)(OCP(=O)(O)OC(C1O)[C@H](n1cnc4c(N)ncnc41)O2)O[C@H]3n1cnc2c(N)ncnc21. The number of fused-ring (bicyclic) bond motifs is 6. The highest BCUT2D eigenvalue weighted by atomic mass is 31.2. The van der Waals surface area contributed by atoms with E-state index in [9.17, 15) is 29.1 Å². The first-order chi connectivity index (χ1) is 21.6. The molecule has 0 amide bonds. The Balaban J connectivity index is 1.27. The van der Waals surface area contributed by atoms with E-state index in [1.807, 2.05) is 0 Å². The summed E-state index contributed by atoms with van der Waals surface area (Å²) in [5.74, 6) is -4.22. The highest BCUT2D eigenvalue weighted by Gasteiger charge is 2.60. The van der Waals surface area contributed by atoms with Gasteiger partial charge in [-0.15, -0.1) is 0 Å². The molecule has 3 aliphatic rings. The summed E-state index contributed by atoms with van der Waals surface area (Å²) >= 11 is 0. The van der Waals surface area contributed by atoms with Crippen LogP contribution in [0.25, 0.3) is 22.3 Å². The lowest BCUT2D eigenvalue weighted by atomic mass is 10.1. The molecule has 4 bridgehead atoms. The van der Waals surface area contributed by atoms with Crippen molar-refractivity contribution in [3.05, 3.63) is 25.3 Å². The number of anilines is 2. The van der Waals surface area contributed by atoms with Gasteiger partial charge >= 0.3 is 15.2 Å². The van der Waals surface area contributed by atoms with Gasteiger partial charge in [0, 0.05) is 0 Å². The van der Waals surface area contributed by atoms with Gasteiger partial charge in [0.25, 0.3) is 0 Å². The first-order valence-corrected chi connectivity index (χ1v) is 17.0. The van der Waals surface area contributed by atoms with E-state index in [4.69, 9.17) is 39.5 Å². The van der Waals surface area contributed by atoms with E-state index < -0.39 is 76.3 Å². The molecular formula is C22H28N10O12P2. The number of imidazole rings is 2. The second-order valence-corrected chi connectivity index (χ2v) is 14.6. The van der Waals surface area contributed by atoms with Gasteiger partial charge in [-0.2, -0.15) is 0 Å². The molecule has 46 heavy (non-hydrogen) atoms. The van der Waals surface area contributed by atoms with Crippen molar-refractivity contribution < 1.29 is 57.1 Å². The number of ether oxygens (including phenoxy) is 4. The summed E-state index contributed by atoms with van der Waals surface area (Å²) in [4.78, 5) is 46.2. The lowest BCUT2D eigenvalue weighted by Crippen LogP contribution is -2.45. The molecule has 8 N–H and O–H groups in total. The van der Waals surface area contributed by atoms with Gasteiger partial charge < -0.3 is 50.4 Å². The third kappa shape index (κ3) is 5.07. The van der Waals surface area contributed by atoms with Gasteiger partial charge in [-0.3, -0.25) is 27.3 Å². The van der Waals surface area contributed by atoms with E-state index in [0.29, 0.717) is 0 Å². The summed E-state index contributed by atoms with van der Waals surface area (Å²) in [5.41, 5.74) is 12.3. The maximum Gasteiger partial charge on any atom is 0.354 e. The number of rotatable bonds is 2. The minimum atomic E-state index is -4.84. The minimum absolute atomic E-state index is 0.0246. The smallest absolute Gasteiger partial charge is 0.354 e. The van der Waals surface area contributed by atoms with Crippen LogP contribution < -0.4 is 11.5 Å². The third-order valence-electron chi connectivity index (χ3n) is 7.89. The van der Waals surface area contributed by atoms with Crippen molar-refractivity contribution in [2.75, 3.05) is 24.2 Å². The van der Waals surface area contributed by atoms with Crippen LogP contribution in [-0.2, 0) is 37.1 Å². The molecule has 0 saturated carbocycles. The molecule has 0 aromatic carbocycles. The number of hydrogen-bond donors (Lipinski definition) is 6. The molecule has 0 radical (unpaired) electrons. The van der Waals surface area contributed by atoms with Crippen LogP contribution in [0.15, 0.2) is 25.3 Å². The second-order valence-electron chi connectivity index (χ2n) is 11.1. The lowest BCUT2D eigenvalue weighted by Gasteiger charge is -2.32. The molecule has 3 aliphatic heterocycles. The zero-order valence-electron chi connectivity index (χ0n) is 23.9. The number of nitrogen functional groups attached to an aromatic ring is 2. The van der Waals surface area contributed by atoms with Crippen LogP contribution in [0.3, 0.4) is 0 Å². The maximum absolute atomic E-state index is 13.5. The number of nitrogens with zero attached hydrogens (tertiary/aromatic N) is 8. The predicted octanol–water partition coefficient (Wildman–Crippen LogP) is -0.855. The van der Waals surface area contributed by atoms with E-state index in [2.05, 4.69) is 29.9 Å². The van der Waals surface area contributed by atoms with Crippen molar-refractivity contribution >= 4 is 49.2 Å². The summed E-state index contributed by atoms with van der Waals surface area (Å²) in [5, 5.41) is 22.7. The number of aromatic nitrogens is 8. The molecule has 4 aromatic rings. The molecule has 3 fully saturated rings. The number of aliphatic hydroxyl groups is 2. The Morgan fingerprint density at radius 3 is 1.52 bits per heavy atom. The van der Waals surface area contributed by atoms with Crippen LogP contribution in [0, 0.1) is 0 Å². The number of hydrogen-bond acceptors (Lipinski definition) is 18. The zero-order valence-corrected chi connectivity index (χ0v) is 25.7. The van der Waals surface area contributed by atoms with Gasteiger partial charge in [0.2, 0.25) is 0 Å². The molecule has 7 rings (SSSR count). The molecule has 4 aromatic heterocycles. The van der Waals surface area contributed by atoms with Crippen LogP contribution in [-0.4, -0.2) is 108 Å². The maximum atomic E-state index is 13.5. The third-order valence-corrected chi connectivity index (χ3v) is 9.95. The Hall–Kier alpha value is -3.24. The lowest BCUT2D eigenvalue weighted by molar-refractivity contribution is -0.248. The highest BCUT2D eigenvalue weighted by molar-refractivity contribution is 7.52. The summed E-state index contributed by atoms with van der Waals surface area (Å²) in [7, 11) is -9.68. The number of aliphatic hydroxyl groups excluding tert-OH is 2. The summed E-state index contributed by atoms with van der Waals surface area (Å²) in [6.07, 6.45) is -7.36. The van der Waals surface area contributed by atoms with Crippen LogP contribution in [0.1, 0.15) is 26.3 Å². The molecule has 0 aliphatic carbocycles. The van der Waals surface area contributed by atoms with Gasteiger partial charge in [0.1, 0.15) is 48.1 Å². The first kappa shape index (κ1) is 31.4. The van der Waals surface area contributed by atoms with E-state index >= 15 is 0 Å². The molecule has 3 saturated heterocycles. The van der Waals surface area contributed by atoms with Crippen LogP contribution in [0.2, 0.25) is 0 Å². The van der Waals surface area contributed by atoms with E-state index in [1.165, 1.54) is 35.6 Å². The van der Waals surface area contributed by atoms with E-state index in [0.717, 1.165) is 12.7 Å². The molecule has 10 atom stereocenters. The normalized spacial score (nSPS) is 40.4. The fourth-order valence-corrected chi connectivity index (χ4v) is 7.68. The van der Waals surface area contributed by atoms with Gasteiger partial charge in [-0.25, -0.2) is 29.9 Å². The largest absolute Gasteiger partial charge is 0.385 e. The van der Waals surface area contributed by atoms with Gasteiger partial charge in [-0.05, 0) is 13.8 Å². The number of nitrogens with two attached hydrogens (primary N) is 2. The molecule has 24 heteroatoms. The van der Waals surface area contributed by atoms with Crippen LogP contribution >= 0.6 is 15.2 Å². The summed E-state index contributed by atoms with van der Waals surface area (Å²) in [6.45, 7) is 2.44. The van der Waals surface area contributed by atoms with E-state index in [1.54, 1.807) is 0 Å². The minimum Gasteiger partial charge on any atom is -0.385 e. The Bertz CT molecular complexity index is 1790. The van der Waals surface area contributed by atoms with Gasteiger partial charge in [0.15, 0.2) is 59.7 Å². The summed E-state index contributed by atoms with van der Waals surface area (Å²) in [6, 6.07) is 0. The summed E-state index contributed by atoms with van der Waals surface area (Å²) < 4.78 is 63.8.